The number of carbonyl (C=O) groups is 1. The molecule has 7 nitrogen and oxygen atoms in total. The van der Waals surface area contributed by atoms with Gasteiger partial charge in [0.15, 0.2) is 0 Å². The Morgan fingerprint density at radius 3 is 2.70 bits per heavy atom. The van der Waals surface area contributed by atoms with E-state index in [1.54, 1.807) is 13.1 Å². The van der Waals surface area contributed by atoms with Gasteiger partial charge in [0.1, 0.15) is 23.4 Å². The van der Waals surface area contributed by atoms with Crippen molar-refractivity contribution < 1.29 is 19.7 Å². The highest BCUT2D eigenvalue weighted by molar-refractivity contribution is 6.06. The Morgan fingerprint density at radius 1 is 1.39 bits per heavy atom. The summed E-state index contributed by atoms with van der Waals surface area (Å²) in [6, 6.07) is 4.30. The number of amides is 1. The standard InChI is InChI=1S/C16H23N3O4/c1-10(2)18-5-4-15(17)19-16(22)12-6-13(21)8-14(7-12)23-11(3)9-20/h4-8,10-11,18,20-21H,9H2,1-3H3,(H2,17,19,22)/b5-4-. The molecule has 1 aromatic carbocycles. The van der Waals surface area contributed by atoms with E-state index >= 15 is 0 Å². The topological polar surface area (TPSA) is 117 Å². The summed E-state index contributed by atoms with van der Waals surface area (Å²) in [6.45, 7) is 5.40. The fourth-order valence-electron chi connectivity index (χ4n) is 1.59. The smallest absolute Gasteiger partial charge is 0.279 e. The third-order valence-electron chi connectivity index (χ3n) is 2.65. The fraction of sp³-hybridized carbons (Fsp3) is 0.375. The summed E-state index contributed by atoms with van der Waals surface area (Å²) < 4.78 is 5.37. The van der Waals surface area contributed by atoms with E-state index in [4.69, 9.17) is 15.6 Å². The monoisotopic (exact) mass is 321 g/mol. The Labute approximate surface area is 135 Å². The van der Waals surface area contributed by atoms with Crippen LogP contribution >= 0.6 is 0 Å². The molecule has 1 rings (SSSR count). The second-order valence-corrected chi connectivity index (χ2v) is 5.32. The summed E-state index contributed by atoms with van der Waals surface area (Å²) in [5.74, 6) is -0.436. The molecule has 0 spiro atoms. The van der Waals surface area contributed by atoms with E-state index in [2.05, 4.69) is 10.3 Å². The number of benzene rings is 1. The molecule has 0 heterocycles. The molecule has 1 aromatic rings. The Morgan fingerprint density at radius 2 is 2.09 bits per heavy atom. The molecule has 0 radical (unpaired) electrons. The second-order valence-electron chi connectivity index (χ2n) is 5.32. The van der Waals surface area contributed by atoms with Gasteiger partial charge < -0.3 is 26.0 Å². The number of nitrogens with zero attached hydrogens (tertiary/aromatic N) is 1. The van der Waals surface area contributed by atoms with Crippen molar-refractivity contribution in [3.8, 4) is 11.5 Å². The minimum Gasteiger partial charge on any atom is -0.508 e. The summed E-state index contributed by atoms with van der Waals surface area (Å²) >= 11 is 0. The Kier molecular flexibility index (Phi) is 7.08. The summed E-state index contributed by atoms with van der Waals surface area (Å²) in [7, 11) is 0. The fourth-order valence-corrected chi connectivity index (χ4v) is 1.59. The molecule has 7 heteroatoms. The molecular weight excluding hydrogens is 298 g/mol. The molecule has 1 unspecified atom stereocenters. The van der Waals surface area contributed by atoms with Crippen molar-refractivity contribution in [3.05, 3.63) is 36.0 Å². The number of nitrogens with two attached hydrogens (primary N) is 1. The summed E-state index contributed by atoms with van der Waals surface area (Å²) in [4.78, 5) is 15.8. The minimum absolute atomic E-state index is 0.0395. The third kappa shape index (κ3) is 6.84. The lowest BCUT2D eigenvalue weighted by Gasteiger charge is -2.12. The zero-order chi connectivity index (χ0) is 17.4. The van der Waals surface area contributed by atoms with Crippen molar-refractivity contribution in [2.75, 3.05) is 6.61 Å². The first-order valence-corrected chi connectivity index (χ1v) is 7.24. The van der Waals surface area contributed by atoms with Crippen LogP contribution in [-0.2, 0) is 0 Å². The number of aliphatic imine (C=N–C) groups is 1. The van der Waals surface area contributed by atoms with Gasteiger partial charge in [0.2, 0.25) is 0 Å². The van der Waals surface area contributed by atoms with E-state index in [-0.39, 0.29) is 35.5 Å². The van der Waals surface area contributed by atoms with Gasteiger partial charge in [-0.15, -0.1) is 0 Å². The van der Waals surface area contributed by atoms with Crippen LogP contribution in [0.25, 0.3) is 0 Å². The lowest BCUT2D eigenvalue weighted by molar-refractivity contribution is 0.100. The zero-order valence-electron chi connectivity index (χ0n) is 13.5. The van der Waals surface area contributed by atoms with Crippen LogP contribution < -0.4 is 15.8 Å². The number of phenolic OH excluding ortho intramolecular Hbond substituents is 1. The third-order valence-corrected chi connectivity index (χ3v) is 2.65. The first-order valence-electron chi connectivity index (χ1n) is 7.24. The maximum absolute atomic E-state index is 12.1. The second kappa shape index (κ2) is 8.79. The number of hydrogen-bond donors (Lipinski definition) is 4. The van der Waals surface area contributed by atoms with E-state index in [1.165, 1.54) is 24.3 Å². The molecule has 0 aliphatic carbocycles. The van der Waals surface area contributed by atoms with E-state index in [1.807, 2.05) is 13.8 Å². The van der Waals surface area contributed by atoms with Crippen molar-refractivity contribution in [1.82, 2.24) is 5.32 Å². The van der Waals surface area contributed by atoms with Gasteiger partial charge in [-0.25, -0.2) is 0 Å². The van der Waals surface area contributed by atoms with Crippen molar-refractivity contribution in [2.45, 2.75) is 32.9 Å². The van der Waals surface area contributed by atoms with Crippen molar-refractivity contribution in [3.63, 3.8) is 0 Å². The number of phenols is 1. The maximum atomic E-state index is 12.1. The molecule has 126 valence electrons. The van der Waals surface area contributed by atoms with Crippen molar-refractivity contribution in [1.29, 1.82) is 0 Å². The number of nitrogens with one attached hydrogen (secondary N) is 1. The molecule has 1 amide bonds. The largest absolute Gasteiger partial charge is 0.508 e. The Balaban J connectivity index is 2.88. The number of aliphatic hydroxyl groups is 1. The lowest BCUT2D eigenvalue weighted by atomic mass is 10.2. The average Bonchev–Trinajstić information content (AvgIpc) is 2.45. The van der Waals surface area contributed by atoms with Gasteiger partial charge in [-0.05, 0) is 39.0 Å². The van der Waals surface area contributed by atoms with Crippen LogP contribution in [-0.4, -0.2) is 40.7 Å². The first kappa shape index (κ1) is 18.5. The van der Waals surface area contributed by atoms with E-state index in [0.29, 0.717) is 0 Å². The molecule has 5 N–H and O–H groups in total. The predicted molar refractivity (Wildman–Crippen MR) is 88.6 cm³/mol. The molecule has 0 fully saturated rings. The van der Waals surface area contributed by atoms with Gasteiger partial charge in [-0.1, -0.05) is 0 Å². The van der Waals surface area contributed by atoms with Crippen molar-refractivity contribution >= 4 is 11.7 Å². The van der Waals surface area contributed by atoms with E-state index in [0.717, 1.165) is 0 Å². The minimum atomic E-state index is -0.603. The summed E-state index contributed by atoms with van der Waals surface area (Å²) in [6.07, 6.45) is 2.63. The van der Waals surface area contributed by atoms with Crippen LogP contribution in [0.5, 0.6) is 11.5 Å². The number of ether oxygens (including phenoxy) is 1. The van der Waals surface area contributed by atoms with Crippen LogP contribution in [0, 0.1) is 0 Å². The SMILES string of the molecule is CC(C)N/C=C\C(N)=NC(=O)c1cc(O)cc(OC(C)CO)c1. The van der Waals surface area contributed by atoms with E-state index in [9.17, 15) is 9.90 Å². The van der Waals surface area contributed by atoms with Gasteiger partial charge in [0.25, 0.3) is 5.91 Å². The molecule has 1 atom stereocenters. The molecule has 0 saturated carbocycles. The number of rotatable bonds is 7. The molecule has 0 saturated heterocycles. The van der Waals surface area contributed by atoms with Crippen LogP contribution in [0.3, 0.4) is 0 Å². The van der Waals surface area contributed by atoms with Crippen LogP contribution in [0.4, 0.5) is 0 Å². The van der Waals surface area contributed by atoms with Gasteiger partial charge in [-0.3, -0.25) is 4.79 Å². The average molecular weight is 321 g/mol. The normalized spacial score (nSPS) is 13.3. The summed E-state index contributed by atoms with van der Waals surface area (Å²) in [5.41, 5.74) is 5.79. The number of carbonyl (C=O) groups excluding carboxylic acids is 1. The van der Waals surface area contributed by atoms with Gasteiger partial charge in [-0.2, -0.15) is 4.99 Å². The Hall–Kier alpha value is -2.54. The van der Waals surface area contributed by atoms with E-state index < -0.39 is 12.0 Å². The van der Waals surface area contributed by atoms with Crippen LogP contribution in [0.15, 0.2) is 35.5 Å². The van der Waals surface area contributed by atoms with Gasteiger partial charge in [0, 0.05) is 23.9 Å². The zero-order valence-corrected chi connectivity index (χ0v) is 13.5. The molecule has 23 heavy (non-hydrogen) atoms. The number of hydrogen-bond acceptors (Lipinski definition) is 5. The Bertz CT molecular complexity index is 597. The predicted octanol–water partition coefficient (Wildman–Crippen LogP) is 1.16. The number of amidine groups is 1. The number of aliphatic hydroxyl groups excluding tert-OH is 1. The maximum Gasteiger partial charge on any atom is 0.279 e. The highest BCUT2D eigenvalue weighted by Gasteiger charge is 2.11. The van der Waals surface area contributed by atoms with Crippen molar-refractivity contribution in [2.24, 2.45) is 10.7 Å². The number of aromatic hydroxyl groups is 1. The summed E-state index contributed by atoms with van der Waals surface area (Å²) in [5, 5.41) is 21.6. The first-order chi connectivity index (χ1) is 10.8. The van der Waals surface area contributed by atoms with Gasteiger partial charge in [0.05, 0.1) is 6.61 Å². The lowest BCUT2D eigenvalue weighted by Crippen LogP contribution is -2.18. The van der Waals surface area contributed by atoms with Crippen LogP contribution in [0.1, 0.15) is 31.1 Å². The quantitative estimate of drug-likeness (QED) is 0.442. The highest BCUT2D eigenvalue weighted by Crippen LogP contribution is 2.23. The van der Waals surface area contributed by atoms with Crippen LogP contribution in [0.2, 0.25) is 0 Å². The molecular formula is C16H23N3O4. The molecule has 0 bridgehead atoms. The molecule has 0 aliphatic rings. The van der Waals surface area contributed by atoms with Gasteiger partial charge >= 0.3 is 0 Å². The molecule has 0 aliphatic heterocycles. The highest BCUT2D eigenvalue weighted by atomic mass is 16.5. The molecule has 0 aromatic heterocycles.